The summed E-state index contributed by atoms with van der Waals surface area (Å²) in [5.74, 6) is -0.562. The van der Waals surface area contributed by atoms with E-state index in [1.165, 1.54) is 0 Å². The highest BCUT2D eigenvalue weighted by atomic mass is 32.2. The highest BCUT2D eigenvalue weighted by Gasteiger charge is 2.42. The van der Waals surface area contributed by atoms with Gasteiger partial charge < -0.3 is 16.0 Å². The smallest absolute Gasteiger partial charge is 0.225 e. The Morgan fingerprint density at radius 3 is 2.52 bits per heavy atom. The van der Waals surface area contributed by atoms with Gasteiger partial charge in [0.15, 0.2) is 9.84 Å². The average Bonchev–Trinajstić information content (AvgIpc) is 3.07. The van der Waals surface area contributed by atoms with Gasteiger partial charge in [-0.15, -0.1) is 0 Å². The van der Waals surface area contributed by atoms with Crippen LogP contribution in [0.25, 0.3) is 0 Å². The van der Waals surface area contributed by atoms with Crippen LogP contribution in [0, 0.1) is 5.92 Å². The number of nitrogens with two attached hydrogens (primary N) is 1. The molecule has 8 heteroatoms. The summed E-state index contributed by atoms with van der Waals surface area (Å²) in [6.07, 6.45) is 2.09. The van der Waals surface area contributed by atoms with E-state index in [9.17, 15) is 18.0 Å². The largest absolute Gasteiger partial charge is 0.349 e. The molecule has 2 aliphatic heterocycles. The minimum Gasteiger partial charge on any atom is -0.349 e. The van der Waals surface area contributed by atoms with Crippen LogP contribution in [0.3, 0.4) is 0 Å². The number of amides is 2. The molecule has 2 fully saturated rings. The van der Waals surface area contributed by atoms with Crippen LogP contribution in [0.1, 0.15) is 39.5 Å². The van der Waals surface area contributed by atoms with E-state index < -0.39 is 21.3 Å². The van der Waals surface area contributed by atoms with Gasteiger partial charge >= 0.3 is 0 Å². The number of likely N-dealkylation sites (tertiary alicyclic amines) is 1. The molecule has 7 nitrogen and oxygen atoms in total. The molecule has 2 aliphatic rings. The molecular weight excluding hydrogens is 318 g/mol. The molecule has 2 unspecified atom stereocenters. The number of rotatable bonds is 6. The maximum Gasteiger partial charge on any atom is 0.225 e. The quantitative estimate of drug-likeness (QED) is 0.684. The zero-order chi connectivity index (χ0) is 17.3. The molecule has 0 spiro atoms. The highest BCUT2D eigenvalue weighted by molar-refractivity contribution is 7.91. The van der Waals surface area contributed by atoms with Crippen LogP contribution in [0.5, 0.6) is 0 Å². The summed E-state index contributed by atoms with van der Waals surface area (Å²) in [7, 11) is -3.05. The molecule has 2 saturated heterocycles. The standard InChI is InChI=1S/C15H27N3O4S/c1-3-15(4-2,10-16)17-14(20)11-7-13(19)18(8-11)12-5-6-23(21,22)9-12/h11-12H,3-10,16H2,1-2H3,(H,17,20). The summed E-state index contributed by atoms with van der Waals surface area (Å²) >= 11 is 0. The van der Waals surface area contributed by atoms with Gasteiger partial charge in [0, 0.05) is 25.6 Å². The van der Waals surface area contributed by atoms with Crippen molar-refractivity contribution < 1.29 is 18.0 Å². The molecule has 0 radical (unpaired) electrons. The van der Waals surface area contributed by atoms with Gasteiger partial charge in [-0.3, -0.25) is 9.59 Å². The summed E-state index contributed by atoms with van der Waals surface area (Å²) in [6.45, 7) is 4.62. The number of sulfone groups is 1. The highest BCUT2D eigenvalue weighted by Crippen LogP contribution is 2.27. The molecule has 2 rings (SSSR count). The van der Waals surface area contributed by atoms with Crippen molar-refractivity contribution in [3.63, 3.8) is 0 Å². The zero-order valence-electron chi connectivity index (χ0n) is 13.9. The first-order valence-electron chi connectivity index (χ1n) is 8.28. The number of hydrogen-bond acceptors (Lipinski definition) is 5. The van der Waals surface area contributed by atoms with Gasteiger partial charge in [0.2, 0.25) is 11.8 Å². The third-order valence-electron chi connectivity index (χ3n) is 5.31. The van der Waals surface area contributed by atoms with Crippen molar-refractivity contribution in [3.8, 4) is 0 Å². The first-order valence-corrected chi connectivity index (χ1v) is 10.1. The summed E-state index contributed by atoms with van der Waals surface area (Å²) in [6, 6.07) is -0.276. The van der Waals surface area contributed by atoms with E-state index in [2.05, 4.69) is 5.32 Å². The topological polar surface area (TPSA) is 110 Å². The minimum absolute atomic E-state index is 0.0176. The van der Waals surface area contributed by atoms with Crippen molar-refractivity contribution in [1.29, 1.82) is 0 Å². The number of carbonyl (C=O) groups is 2. The Morgan fingerprint density at radius 1 is 1.39 bits per heavy atom. The van der Waals surface area contributed by atoms with Crippen molar-refractivity contribution in [2.24, 2.45) is 11.7 Å². The molecule has 0 aliphatic carbocycles. The second-order valence-corrected chi connectivity index (χ2v) is 8.91. The Kier molecular flexibility index (Phi) is 5.35. The maximum atomic E-state index is 12.5. The molecule has 0 aromatic carbocycles. The lowest BCUT2D eigenvalue weighted by Crippen LogP contribution is -2.54. The Morgan fingerprint density at radius 2 is 2.04 bits per heavy atom. The fourth-order valence-electron chi connectivity index (χ4n) is 3.41. The van der Waals surface area contributed by atoms with E-state index in [0.29, 0.717) is 19.5 Å². The zero-order valence-corrected chi connectivity index (χ0v) is 14.7. The number of nitrogens with one attached hydrogen (secondary N) is 1. The molecule has 3 N–H and O–H groups in total. The summed E-state index contributed by atoms with van der Waals surface area (Å²) < 4.78 is 23.2. The van der Waals surface area contributed by atoms with E-state index in [1.807, 2.05) is 13.8 Å². The van der Waals surface area contributed by atoms with Crippen molar-refractivity contribution in [2.75, 3.05) is 24.6 Å². The third kappa shape index (κ3) is 3.85. The second-order valence-electron chi connectivity index (χ2n) is 6.68. The van der Waals surface area contributed by atoms with Crippen LogP contribution in [-0.2, 0) is 19.4 Å². The van der Waals surface area contributed by atoms with E-state index in [4.69, 9.17) is 5.73 Å². The molecular formula is C15H27N3O4S. The average molecular weight is 345 g/mol. The summed E-state index contributed by atoms with van der Waals surface area (Å²) in [5, 5.41) is 3.01. The third-order valence-corrected chi connectivity index (χ3v) is 7.06. The molecule has 132 valence electrons. The fraction of sp³-hybridized carbons (Fsp3) is 0.867. The fourth-order valence-corrected chi connectivity index (χ4v) is 5.14. The lowest BCUT2D eigenvalue weighted by Gasteiger charge is -2.32. The Hall–Kier alpha value is -1.15. The van der Waals surface area contributed by atoms with Crippen molar-refractivity contribution >= 4 is 21.7 Å². The Bertz CT molecular complexity index is 563. The van der Waals surface area contributed by atoms with Crippen molar-refractivity contribution in [2.45, 2.75) is 51.1 Å². The van der Waals surface area contributed by atoms with Gasteiger partial charge in [-0.1, -0.05) is 13.8 Å². The van der Waals surface area contributed by atoms with Gasteiger partial charge in [0.05, 0.1) is 23.0 Å². The Balaban J connectivity index is 2.01. The molecule has 23 heavy (non-hydrogen) atoms. The molecule has 0 bridgehead atoms. The van der Waals surface area contributed by atoms with Gasteiger partial charge in [-0.2, -0.15) is 0 Å². The lowest BCUT2D eigenvalue weighted by molar-refractivity contribution is -0.130. The normalized spacial score (nSPS) is 27.4. The predicted molar refractivity (Wildman–Crippen MR) is 87.4 cm³/mol. The number of hydrogen-bond donors (Lipinski definition) is 2. The van der Waals surface area contributed by atoms with Crippen LogP contribution in [-0.4, -0.2) is 61.3 Å². The SMILES string of the molecule is CCC(CC)(CN)NC(=O)C1CC(=O)N(C2CCS(=O)(=O)C2)C1. The van der Waals surface area contributed by atoms with Gasteiger partial charge in [-0.25, -0.2) is 8.42 Å². The van der Waals surface area contributed by atoms with Crippen LogP contribution in [0.4, 0.5) is 0 Å². The molecule has 0 aromatic heterocycles. The van der Waals surface area contributed by atoms with Gasteiger partial charge in [0.25, 0.3) is 0 Å². The Labute approximate surface area is 137 Å². The molecule has 0 aromatic rings. The summed E-state index contributed by atoms with van der Waals surface area (Å²) in [4.78, 5) is 26.3. The first kappa shape index (κ1) is 18.2. The minimum atomic E-state index is -3.05. The van der Waals surface area contributed by atoms with Crippen LogP contribution >= 0.6 is 0 Å². The maximum absolute atomic E-state index is 12.5. The number of nitrogens with zero attached hydrogens (tertiary/aromatic N) is 1. The monoisotopic (exact) mass is 345 g/mol. The molecule has 2 amide bonds. The lowest BCUT2D eigenvalue weighted by atomic mass is 9.91. The molecule has 2 atom stereocenters. The van der Waals surface area contributed by atoms with Crippen LogP contribution in [0.15, 0.2) is 0 Å². The first-order chi connectivity index (χ1) is 10.8. The van der Waals surface area contributed by atoms with E-state index in [-0.39, 0.29) is 35.8 Å². The number of carbonyl (C=O) groups excluding carboxylic acids is 2. The van der Waals surface area contributed by atoms with E-state index in [1.54, 1.807) is 4.90 Å². The van der Waals surface area contributed by atoms with Crippen LogP contribution < -0.4 is 11.1 Å². The predicted octanol–water partition coefficient (Wildman–Crippen LogP) is -0.344. The van der Waals surface area contributed by atoms with Crippen LogP contribution in [0.2, 0.25) is 0 Å². The van der Waals surface area contributed by atoms with Gasteiger partial charge in [0.1, 0.15) is 0 Å². The van der Waals surface area contributed by atoms with Crippen molar-refractivity contribution in [1.82, 2.24) is 10.2 Å². The summed E-state index contributed by atoms with van der Waals surface area (Å²) in [5.41, 5.74) is 5.37. The van der Waals surface area contributed by atoms with Gasteiger partial charge in [-0.05, 0) is 19.3 Å². The molecule has 2 heterocycles. The van der Waals surface area contributed by atoms with E-state index in [0.717, 1.165) is 12.8 Å². The molecule has 0 saturated carbocycles. The van der Waals surface area contributed by atoms with E-state index >= 15 is 0 Å². The van der Waals surface area contributed by atoms with Crippen molar-refractivity contribution in [3.05, 3.63) is 0 Å². The second kappa shape index (κ2) is 6.76.